The Morgan fingerprint density at radius 1 is 1.06 bits per heavy atom. The summed E-state index contributed by atoms with van der Waals surface area (Å²) in [7, 11) is -3.76. The summed E-state index contributed by atoms with van der Waals surface area (Å²) in [5.41, 5.74) is 1.31. The molecule has 2 fully saturated rings. The van der Waals surface area contributed by atoms with E-state index in [4.69, 9.17) is 32.4 Å². The molecule has 2 aromatic carbocycles. The maximum absolute atomic E-state index is 13.1. The van der Waals surface area contributed by atoms with Gasteiger partial charge in [-0.05, 0) is 47.7 Å². The van der Waals surface area contributed by atoms with Crippen molar-refractivity contribution in [1.29, 1.82) is 0 Å². The number of hydrogen-bond donors (Lipinski definition) is 1. The molecular weight excluding hydrogens is 493 g/mol. The van der Waals surface area contributed by atoms with Gasteiger partial charge in [0.05, 0.1) is 10.4 Å². The molecule has 2 atom stereocenters. The van der Waals surface area contributed by atoms with Gasteiger partial charge < -0.3 is 14.1 Å². The molecular formula is C21H19Cl2N3O6S. The molecule has 2 aliphatic heterocycles. The number of nitrogens with zero attached hydrogens (tertiary/aromatic N) is 2. The van der Waals surface area contributed by atoms with Crippen LogP contribution in [0.2, 0.25) is 10.0 Å². The first-order chi connectivity index (χ1) is 15.7. The van der Waals surface area contributed by atoms with Gasteiger partial charge in [-0.1, -0.05) is 23.2 Å². The summed E-state index contributed by atoms with van der Waals surface area (Å²) in [5.74, 6) is -0.607. The number of H-pyrrole nitrogens is 1. The number of rotatable bonds is 4. The minimum atomic E-state index is -3.76. The topological polar surface area (TPSA) is 113 Å². The Morgan fingerprint density at radius 2 is 1.73 bits per heavy atom. The van der Waals surface area contributed by atoms with Gasteiger partial charge in [-0.15, -0.1) is 0 Å². The number of likely N-dealkylation sites (tertiary alicyclic amines) is 1. The molecule has 0 spiro atoms. The van der Waals surface area contributed by atoms with Crippen molar-refractivity contribution in [2.24, 2.45) is 11.8 Å². The zero-order valence-corrected chi connectivity index (χ0v) is 19.5. The van der Waals surface area contributed by atoms with Crippen LogP contribution in [-0.2, 0) is 21.4 Å². The number of hydrogen-bond acceptors (Lipinski definition) is 6. The molecule has 0 radical (unpaired) electrons. The second kappa shape index (κ2) is 8.35. The van der Waals surface area contributed by atoms with E-state index in [2.05, 4.69) is 4.98 Å². The summed E-state index contributed by atoms with van der Waals surface area (Å²) in [6.07, 6.45) is -0.456. The predicted molar refractivity (Wildman–Crippen MR) is 121 cm³/mol. The fraction of sp³-hybridized carbons (Fsp3) is 0.333. The molecule has 3 aromatic rings. The van der Waals surface area contributed by atoms with E-state index < -0.39 is 21.9 Å². The lowest BCUT2D eigenvalue weighted by molar-refractivity contribution is 0.101. The minimum Gasteiger partial charge on any atom is -0.445 e. The lowest BCUT2D eigenvalue weighted by Crippen LogP contribution is -2.35. The second-order valence-corrected chi connectivity index (χ2v) is 11.1. The summed E-state index contributed by atoms with van der Waals surface area (Å²) in [6.45, 7) is 1.48. The summed E-state index contributed by atoms with van der Waals surface area (Å²) in [5, 5.41) is 0.923. The zero-order chi connectivity index (χ0) is 23.3. The van der Waals surface area contributed by atoms with Gasteiger partial charge in [0, 0.05) is 42.3 Å². The Balaban J connectivity index is 1.21. The molecule has 9 nitrogen and oxygen atoms in total. The second-order valence-electron chi connectivity index (χ2n) is 8.25. The number of nitrogens with one attached hydrogen (secondary N) is 1. The third kappa shape index (κ3) is 4.35. The Morgan fingerprint density at radius 3 is 2.39 bits per heavy atom. The van der Waals surface area contributed by atoms with Crippen LogP contribution in [-0.4, -0.2) is 54.9 Å². The van der Waals surface area contributed by atoms with E-state index in [1.807, 2.05) is 0 Å². The Hall–Kier alpha value is -2.53. The van der Waals surface area contributed by atoms with Gasteiger partial charge in [-0.2, -0.15) is 4.31 Å². The van der Waals surface area contributed by atoms with E-state index in [9.17, 15) is 18.0 Å². The maximum Gasteiger partial charge on any atom is 0.417 e. The number of oxazole rings is 1. The third-order valence-electron chi connectivity index (χ3n) is 6.03. The van der Waals surface area contributed by atoms with Crippen LogP contribution in [0, 0.1) is 11.8 Å². The number of sulfonamides is 1. The number of ether oxygens (including phenoxy) is 1. The largest absolute Gasteiger partial charge is 0.445 e. The standard InChI is InChI=1S/C21H19Cl2N3O6S/c22-15-3-12(4-16(23)5-15)11-31-21(28)25-7-13-9-26(10-14(13)8-25)33(29,30)17-1-2-18-19(6-17)32-20(27)24-18/h1-6,13-14H,7-11H2,(H,24,27)/t13-,14-/m0/s1. The molecule has 0 unspecified atom stereocenters. The van der Waals surface area contributed by atoms with Gasteiger partial charge in [-0.25, -0.2) is 18.0 Å². The van der Waals surface area contributed by atoms with Crippen molar-refractivity contribution >= 4 is 50.4 Å². The highest BCUT2D eigenvalue weighted by Crippen LogP contribution is 2.35. The van der Waals surface area contributed by atoms with Gasteiger partial charge in [0.1, 0.15) is 6.61 Å². The lowest BCUT2D eigenvalue weighted by Gasteiger charge is -2.21. The monoisotopic (exact) mass is 511 g/mol. The number of benzene rings is 2. The molecule has 33 heavy (non-hydrogen) atoms. The van der Waals surface area contributed by atoms with Crippen LogP contribution in [0.4, 0.5) is 4.79 Å². The van der Waals surface area contributed by atoms with Crippen molar-refractivity contribution in [1.82, 2.24) is 14.2 Å². The lowest BCUT2D eigenvalue weighted by atomic mass is 10.0. The van der Waals surface area contributed by atoms with Crippen molar-refractivity contribution in [3.63, 3.8) is 0 Å². The Kier molecular flexibility index (Phi) is 5.64. The maximum atomic E-state index is 13.1. The number of amides is 1. The van der Waals surface area contributed by atoms with Crippen molar-refractivity contribution in [3.8, 4) is 0 Å². The quantitative estimate of drug-likeness (QED) is 0.574. The molecule has 12 heteroatoms. The molecule has 3 heterocycles. The fourth-order valence-corrected chi connectivity index (χ4v) is 6.60. The van der Waals surface area contributed by atoms with Crippen molar-refractivity contribution in [2.45, 2.75) is 11.5 Å². The van der Waals surface area contributed by atoms with Crippen LogP contribution >= 0.6 is 23.2 Å². The van der Waals surface area contributed by atoms with Crippen LogP contribution in [0.25, 0.3) is 11.1 Å². The number of aromatic nitrogens is 1. The molecule has 1 aromatic heterocycles. The molecule has 1 N–H and O–H groups in total. The SMILES string of the molecule is O=C(OCc1cc(Cl)cc(Cl)c1)N1C[C@H]2CN(S(=O)(=O)c3ccc4[nH]c(=O)oc4c3)C[C@@H]2C1. The van der Waals surface area contributed by atoms with Gasteiger partial charge in [0.2, 0.25) is 10.0 Å². The first-order valence-corrected chi connectivity index (χ1v) is 12.4. The number of carbonyl (C=O) groups is 1. The molecule has 2 aliphatic rings. The summed E-state index contributed by atoms with van der Waals surface area (Å²) in [4.78, 5) is 28.0. The van der Waals surface area contributed by atoms with E-state index in [1.54, 1.807) is 23.1 Å². The van der Waals surface area contributed by atoms with Crippen LogP contribution in [0.3, 0.4) is 0 Å². The van der Waals surface area contributed by atoms with Gasteiger partial charge >= 0.3 is 11.8 Å². The van der Waals surface area contributed by atoms with E-state index in [0.29, 0.717) is 47.3 Å². The highest BCUT2D eigenvalue weighted by Gasteiger charge is 2.45. The molecule has 5 rings (SSSR count). The predicted octanol–water partition coefficient (Wildman–Crippen LogP) is 3.32. The molecule has 174 valence electrons. The Labute approximate surface area is 198 Å². The average Bonchev–Trinajstić information content (AvgIpc) is 3.42. The normalized spacial score (nSPS) is 21.0. The summed E-state index contributed by atoms with van der Waals surface area (Å²) < 4.78 is 38.0. The van der Waals surface area contributed by atoms with E-state index in [1.165, 1.54) is 22.5 Å². The fourth-order valence-electron chi connectivity index (χ4n) is 4.46. The van der Waals surface area contributed by atoms with Crippen molar-refractivity contribution in [3.05, 3.63) is 62.6 Å². The third-order valence-corrected chi connectivity index (χ3v) is 8.29. The molecule has 2 saturated heterocycles. The van der Waals surface area contributed by atoms with Gasteiger partial charge in [0.15, 0.2) is 5.58 Å². The first kappa shape index (κ1) is 22.3. The highest BCUT2D eigenvalue weighted by atomic mass is 35.5. The smallest absolute Gasteiger partial charge is 0.417 e. The highest BCUT2D eigenvalue weighted by molar-refractivity contribution is 7.89. The summed E-state index contributed by atoms with van der Waals surface area (Å²) in [6, 6.07) is 9.26. The zero-order valence-electron chi connectivity index (χ0n) is 17.2. The van der Waals surface area contributed by atoms with Crippen molar-refractivity contribution < 1.29 is 22.4 Å². The first-order valence-electron chi connectivity index (χ1n) is 10.2. The molecule has 0 aliphatic carbocycles. The minimum absolute atomic E-state index is 0.0156. The number of carbonyl (C=O) groups excluding carboxylic acids is 1. The van der Waals surface area contributed by atoms with Crippen molar-refractivity contribution in [2.75, 3.05) is 26.2 Å². The molecule has 0 bridgehead atoms. The molecule has 0 saturated carbocycles. The van der Waals surface area contributed by atoms with Crippen LogP contribution in [0.15, 0.2) is 50.5 Å². The Bertz CT molecular complexity index is 1370. The number of fused-ring (bicyclic) bond motifs is 2. The average molecular weight is 512 g/mol. The number of halogens is 2. The van der Waals surface area contributed by atoms with Crippen LogP contribution in [0.5, 0.6) is 0 Å². The van der Waals surface area contributed by atoms with E-state index >= 15 is 0 Å². The van der Waals surface area contributed by atoms with E-state index in [0.717, 1.165) is 0 Å². The van der Waals surface area contributed by atoms with Gasteiger partial charge in [-0.3, -0.25) is 4.98 Å². The van der Waals surface area contributed by atoms with Crippen LogP contribution in [0.1, 0.15) is 5.56 Å². The van der Waals surface area contributed by atoms with E-state index in [-0.39, 0.29) is 28.9 Å². The van der Waals surface area contributed by atoms with Crippen LogP contribution < -0.4 is 5.76 Å². The summed E-state index contributed by atoms with van der Waals surface area (Å²) >= 11 is 11.9. The number of aromatic amines is 1. The van der Waals surface area contributed by atoms with Gasteiger partial charge in [0.25, 0.3) is 0 Å². The molecule has 1 amide bonds.